The molecule has 156 valence electrons. The number of para-hydroxylation sites is 1. The molecule has 0 bridgehead atoms. The van der Waals surface area contributed by atoms with Gasteiger partial charge in [-0.05, 0) is 56.2 Å². The van der Waals surface area contributed by atoms with E-state index in [9.17, 15) is 9.59 Å². The molecule has 31 heavy (non-hydrogen) atoms. The van der Waals surface area contributed by atoms with Crippen LogP contribution < -0.4 is 15.9 Å². The second-order valence-corrected chi connectivity index (χ2v) is 7.86. The minimum atomic E-state index is -0.0147. The average Bonchev–Trinajstić information content (AvgIpc) is 2.80. The van der Waals surface area contributed by atoms with Crippen LogP contribution in [0.4, 0.5) is 0 Å². The van der Waals surface area contributed by atoms with Crippen molar-refractivity contribution in [2.75, 3.05) is 18.1 Å². The summed E-state index contributed by atoms with van der Waals surface area (Å²) in [5.74, 6) is 0. The molecule has 3 aromatic carbocycles. The van der Waals surface area contributed by atoms with Crippen LogP contribution in [0.15, 0.2) is 64.2 Å². The van der Waals surface area contributed by atoms with Gasteiger partial charge in [0.25, 0.3) is 0 Å². The number of H-pyrrole nitrogens is 1. The van der Waals surface area contributed by atoms with Gasteiger partial charge in [0.2, 0.25) is 0 Å². The highest BCUT2D eigenvalue weighted by molar-refractivity contribution is 6.03. The highest BCUT2D eigenvalue weighted by Crippen LogP contribution is 2.25. The lowest BCUT2D eigenvalue weighted by Gasteiger charge is -2.28. The number of hydrogen-bond acceptors (Lipinski definition) is 3. The summed E-state index contributed by atoms with van der Waals surface area (Å²) in [6.45, 7) is 7.81. The van der Waals surface area contributed by atoms with Gasteiger partial charge in [-0.2, -0.15) is 0 Å². The first-order chi connectivity index (χ1) is 15.1. The summed E-state index contributed by atoms with van der Waals surface area (Å²) in [6.07, 6.45) is 0.786. The topological polar surface area (TPSA) is 58.1 Å². The summed E-state index contributed by atoms with van der Waals surface area (Å²) in [4.78, 5) is 30.4. The molecule has 0 aliphatic rings. The fraction of sp³-hybridized carbons (Fsp3) is 0.231. The molecule has 5 aromatic rings. The van der Waals surface area contributed by atoms with Gasteiger partial charge in [-0.1, -0.05) is 31.2 Å². The molecule has 0 spiro atoms. The van der Waals surface area contributed by atoms with Crippen molar-refractivity contribution in [2.45, 2.75) is 27.2 Å². The molecule has 0 saturated carbocycles. The summed E-state index contributed by atoms with van der Waals surface area (Å²) >= 11 is 0. The molecule has 5 heteroatoms. The molecule has 0 atom stereocenters. The standard InChI is InChI=1S/C26H25N3O2/c1-4-16-10-9-12-20-24(16)26(31)18-15-23-19(14-21(18)27-20)25(30)17-11-7-8-13-22(17)29(23)28(5-2)6-3/h7-15H,4-6H2,1-3H3,(H,27,31). The minimum absolute atomic E-state index is 0.00908. The van der Waals surface area contributed by atoms with Gasteiger partial charge >= 0.3 is 0 Å². The Morgan fingerprint density at radius 1 is 0.774 bits per heavy atom. The number of rotatable bonds is 4. The Hall–Kier alpha value is -3.60. The molecule has 1 N–H and O–H groups in total. The van der Waals surface area contributed by atoms with Crippen LogP contribution in [0.2, 0.25) is 0 Å². The first-order valence-corrected chi connectivity index (χ1v) is 10.9. The summed E-state index contributed by atoms with van der Waals surface area (Å²) in [6, 6.07) is 17.3. The smallest absolute Gasteiger partial charge is 0.197 e. The Balaban J connectivity index is 2.04. The number of aromatic nitrogens is 2. The van der Waals surface area contributed by atoms with E-state index in [2.05, 4.69) is 35.4 Å². The van der Waals surface area contributed by atoms with E-state index in [0.29, 0.717) is 21.7 Å². The van der Waals surface area contributed by atoms with E-state index in [1.165, 1.54) is 0 Å². The highest BCUT2D eigenvalue weighted by atomic mass is 16.1. The van der Waals surface area contributed by atoms with Crippen molar-refractivity contribution in [1.29, 1.82) is 0 Å². The van der Waals surface area contributed by atoms with E-state index in [-0.39, 0.29) is 10.9 Å². The molecule has 0 saturated heterocycles. The predicted molar refractivity (Wildman–Crippen MR) is 130 cm³/mol. The highest BCUT2D eigenvalue weighted by Gasteiger charge is 2.17. The van der Waals surface area contributed by atoms with E-state index in [0.717, 1.165) is 47.0 Å². The van der Waals surface area contributed by atoms with Crippen LogP contribution in [0.5, 0.6) is 0 Å². The lowest BCUT2D eigenvalue weighted by atomic mass is 10.0. The van der Waals surface area contributed by atoms with Crippen LogP contribution in [-0.4, -0.2) is 22.7 Å². The van der Waals surface area contributed by atoms with E-state index in [1.54, 1.807) is 0 Å². The van der Waals surface area contributed by atoms with Gasteiger partial charge < -0.3 is 9.99 Å². The predicted octanol–water partition coefficient (Wildman–Crippen LogP) is 4.69. The third kappa shape index (κ3) is 2.76. The van der Waals surface area contributed by atoms with Crippen LogP contribution in [-0.2, 0) is 6.42 Å². The first kappa shape index (κ1) is 19.4. The van der Waals surface area contributed by atoms with Crippen LogP contribution in [0.3, 0.4) is 0 Å². The summed E-state index contributed by atoms with van der Waals surface area (Å²) < 4.78 is 2.10. The second kappa shape index (κ2) is 7.27. The number of hydrogen-bond donors (Lipinski definition) is 1. The summed E-state index contributed by atoms with van der Waals surface area (Å²) in [7, 11) is 0. The zero-order valence-electron chi connectivity index (χ0n) is 18.0. The molecule has 0 aliphatic heterocycles. The monoisotopic (exact) mass is 411 g/mol. The number of fused-ring (bicyclic) bond motifs is 4. The van der Waals surface area contributed by atoms with Gasteiger partial charge in [0.15, 0.2) is 10.9 Å². The maximum Gasteiger partial charge on any atom is 0.197 e. The van der Waals surface area contributed by atoms with Gasteiger partial charge in [-0.3, -0.25) is 14.3 Å². The Labute approximate surface area is 179 Å². The Kier molecular flexibility index (Phi) is 4.54. The first-order valence-electron chi connectivity index (χ1n) is 10.9. The summed E-state index contributed by atoms with van der Waals surface area (Å²) in [5.41, 5.74) is 4.14. The number of nitrogens with zero attached hydrogens (tertiary/aromatic N) is 2. The number of benzene rings is 3. The Morgan fingerprint density at radius 2 is 1.55 bits per heavy atom. The lowest BCUT2D eigenvalue weighted by molar-refractivity contribution is 0.654. The number of aryl methyl sites for hydroxylation is 1. The Bertz CT molecular complexity index is 1590. The quantitative estimate of drug-likeness (QED) is 0.437. The molecule has 5 nitrogen and oxygen atoms in total. The van der Waals surface area contributed by atoms with Crippen molar-refractivity contribution in [3.05, 3.63) is 80.6 Å². The van der Waals surface area contributed by atoms with Gasteiger partial charge in [-0.25, -0.2) is 0 Å². The molecule has 0 radical (unpaired) electrons. The van der Waals surface area contributed by atoms with E-state index in [4.69, 9.17) is 0 Å². The molecule has 0 unspecified atom stereocenters. The van der Waals surface area contributed by atoms with E-state index >= 15 is 0 Å². The maximum absolute atomic E-state index is 13.6. The van der Waals surface area contributed by atoms with Gasteiger partial charge in [0.05, 0.1) is 27.5 Å². The largest absolute Gasteiger partial charge is 0.354 e. The molecule has 0 aliphatic carbocycles. The number of aromatic amines is 1. The summed E-state index contributed by atoms with van der Waals surface area (Å²) in [5, 5.41) is 4.81. The normalized spacial score (nSPS) is 11.7. The minimum Gasteiger partial charge on any atom is -0.354 e. The van der Waals surface area contributed by atoms with Gasteiger partial charge in [0, 0.05) is 29.2 Å². The molecule has 2 aromatic heterocycles. The van der Waals surface area contributed by atoms with Crippen molar-refractivity contribution in [1.82, 2.24) is 9.66 Å². The third-order valence-electron chi connectivity index (χ3n) is 6.27. The second-order valence-electron chi connectivity index (χ2n) is 7.86. The zero-order valence-corrected chi connectivity index (χ0v) is 18.0. The van der Waals surface area contributed by atoms with Gasteiger partial charge in [0.1, 0.15) is 0 Å². The molecule has 0 amide bonds. The molecular formula is C26H25N3O2. The van der Waals surface area contributed by atoms with Crippen molar-refractivity contribution in [3.63, 3.8) is 0 Å². The fourth-order valence-corrected chi connectivity index (χ4v) is 4.72. The molecule has 0 fully saturated rings. The lowest BCUT2D eigenvalue weighted by Crippen LogP contribution is -2.35. The van der Waals surface area contributed by atoms with Gasteiger partial charge in [-0.15, -0.1) is 0 Å². The SMILES string of the molecule is CCc1cccc2[nH]c3cc4c(=O)c5ccccc5n(N(CC)CC)c4cc3c(=O)c12. The molecule has 5 rings (SSSR count). The zero-order chi connectivity index (χ0) is 21.7. The Morgan fingerprint density at radius 3 is 2.29 bits per heavy atom. The van der Waals surface area contributed by atoms with Crippen molar-refractivity contribution in [3.8, 4) is 0 Å². The van der Waals surface area contributed by atoms with E-state index < -0.39 is 0 Å². The fourth-order valence-electron chi connectivity index (χ4n) is 4.72. The van der Waals surface area contributed by atoms with Crippen molar-refractivity contribution in [2.24, 2.45) is 0 Å². The van der Waals surface area contributed by atoms with Crippen molar-refractivity contribution < 1.29 is 0 Å². The van der Waals surface area contributed by atoms with Crippen LogP contribution in [0.25, 0.3) is 43.6 Å². The number of nitrogens with one attached hydrogen (secondary N) is 1. The van der Waals surface area contributed by atoms with Crippen molar-refractivity contribution >= 4 is 43.6 Å². The van der Waals surface area contributed by atoms with E-state index in [1.807, 2.05) is 54.6 Å². The maximum atomic E-state index is 13.6. The molecule has 2 heterocycles. The average molecular weight is 412 g/mol. The van der Waals surface area contributed by atoms with Crippen LogP contribution >= 0.6 is 0 Å². The van der Waals surface area contributed by atoms with Crippen LogP contribution in [0, 0.1) is 0 Å². The van der Waals surface area contributed by atoms with Crippen LogP contribution in [0.1, 0.15) is 26.3 Å². The molecular weight excluding hydrogens is 386 g/mol. The third-order valence-corrected chi connectivity index (χ3v) is 6.27. The number of pyridine rings is 2.